The smallest absolute Gasteiger partial charge is 0.266 e. The third kappa shape index (κ3) is 2.91. The number of aryl methyl sites for hydroxylation is 1. The van der Waals surface area contributed by atoms with Gasteiger partial charge in [-0.1, -0.05) is 0 Å². The van der Waals surface area contributed by atoms with Gasteiger partial charge in [0.05, 0.1) is 4.92 Å². The minimum Gasteiger partial charge on any atom is -0.266 e. The zero-order chi connectivity index (χ0) is 9.56. The van der Waals surface area contributed by atoms with E-state index < -0.39 is 4.92 Å². The van der Waals surface area contributed by atoms with Gasteiger partial charge in [-0.05, 0) is 13.2 Å². The summed E-state index contributed by atoms with van der Waals surface area (Å²) >= 11 is 3.53. The normalized spacial score (nSPS) is 8.58. The molecule has 12 heavy (non-hydrogen) atoms. The van der Waals surface area contributed by atoms with Crippen LogP contribution in [0.4, 0.5) is 5.69 Å². The van der Waals surface area contributed by atoms with Crippen molar-refractivity contribution in [3.8, 4) is 0 Å². The van der Waals surface area contributed by atoms with E-state index in [1.807, 2.05) is 6.92 Å². The molecule has 1 aromatic heterocycles. The summed E-state index contributed by atoms with van der Waals surface area (Å²) in [4.78, 5) is 9.62. The second-order valence-corrected chi connectivity index (χ2v) is 1.81. The van der Waals surface area contributed by atoms with Crippen molar-refractivity contribution >= 4 is 18.3 Å². The molecule has 0 spiro atoms. The van der Waals surface area contributed by atoms with E-state index in [0.29, 0.717) is 6.54 Å². The summed E-state index contributed by atoms with van der Waals surface area (Å²) in [5.74, 6) is 0. The first-order valence-corrected chi connectivity index (χ1v) is 4.25. The maximum atomic E-state index is 10.1. The van der Waals surface area contributed by atoms with Crippen molar-refractivity contribution in [2.45, 2.75) is 13.5 Å². The molecule has 1 rings (SSSR count). The van der Waals surface area contributed by atoms with Crippen molar-refractivity contribution < 1.29 is 4.92 Å². The van der Waals surface area contributed by atoms with Crippen molar-refractivity contribution in [2.24, 2.45) is 0 Å². The third-order valence-corrected chi connectivity index (χ3v) is 1.15. The third-order valence-electron chi connectivity index (χ3n) is 1.15. The van der Waals surface area contributed by atoms with E-state index in [4.69, 9.17) is 0 Å². The second-order valence-electron chi connectivity index (χ2n) is 1.81. The van der Waals surface area contributed by atoms with Gasteiger partial charge in [0.1, 0.15) is 12.4 Å². The molecule has 0 saturated carbocycles. The summed E-state index contributed by atoms with van der Waals surface area (Å²) < 4.78 is 1.51. The summed E-state index contributed by atoms with van der Waals surface area (Å²) in [7, 11) is 0. The van der Waals surface area contributed by atoms with E-state index in [2.05, 4.69) is 17.7 Å². The zero-order valence-corrected chi connectivity index (χ0v) is 7.86. The first kappa shape index (κ1) is 11.0. The highest BCUT2D eigenvalue weighted by Gasteiger charge is 2.06. The number of hydrogen-bond acceptors (Lipinski definition) is 4. The van der Waals surface area contributed by atoms with E-state index in [9.17, 15) is 10.1 Å². The monoisotopic (exact) mass is 189 g/mol. The fraction of sp³-hybridized carbons (Fsp3) is 0.500. The standard InChI is InChI=1S/C5H7N3O2.CH4S/c1-2-7-4-5(3-6-7)8(9)10;1-2/h3-4H,2H2,1H3;2H,1H3. The van der Waals surface area contributed by atoms with Crippen LogP contribution in [0.3, 0.4) is 0 Å². The lowest BCUT2D eigenvalue weighted by atomic mass is 10.6. The molecule has 0 amide bonds. The molecular formula is C6H11N3O2S. The molecule has 0 aliphatic heterocycles. The molecule has 5 nitrogen and oxygen atoms in total. The predicted octanol–water partition coefficient (Wildman–Crippen LogP) is 1.36. The number of hydrogen-bond donors (Lipinski definition) is 1. The number of aromatic nitrogens is 2. The van der Waals surface area contributed by atoms with Crippen LogP contribution in [0.15, 0.2) is 12.4 Å². The molecule has 0 fully saturated rings. The van der Waals surface area contributed by atoms with Gasteiger partial charge in [-0.3, -0.25) is 14.8 Å². The maximum Gasteiger partial charge on any atom is 0.306 e. The Morgan fingerprint density at radius 1 is 1.75 bits per heavy atom. The van der Waals surface area contributed by atoms with Gasteiger partial charge in [0.15, 0.2) is 0 Å². The molecular weight excluding hydrogens is 178 g/mol. The van der Waals surface area contributed by atoms with Crippen LogP contribution in [-0.4, -0.2) is 21.0 Å². The highest BCUT2D eigenvalue weighted by Crippen LogP contribution is 2.06. The molecule has 0 radical (unpaired) electrons. The van der Waals surface area contributed by atoms with Crippen molar-refractivity contribution in [2.75, 3.05) is 6.26 Å². The van der Waals surface area contributed by atoms with Gasteiger partial charge in [-0.15, -0.1) is 0 Å². The van der Waals surface area contributed by atoms with Gasteiger partial charge < -0.3 is 0 Å². The molecule has 0 saturated heterocycles. The van der Waals surface area contributed by atoms with E-state index in [-0.39, 0.29) is 5.69 Å². The molecule has 0 aliphatic rings. The van der Waals surface area contributed by atoms with Crippen LogP contribution >= 0.6 is 12.6 Å². The van der Waals surface area contributed by atoms with Gasteiger partial charge >= 0.3 is 5.69 Å². The summed E-state index contributed by atoms with van der Waals surface area (Å²) in [6.07, 6.45) is 4.34. The molecule has 0 N–H and O–H groups in total. The summed E-state index contributed by atoms with van der Waals surface area (Å²) in [6, 6.07) is 0. The van der Waals surface area contributed by atoms with Crippen LogP contribution in [0.1, 0.15) is 6.92 Å². The Labute approximate surface area is 75.9 Å². The minimum atomic E-state index is -0.459. The molecule has 0 unspecified atom stereocenters. The van der Waals surface area contributed by atoms with Crippen LogP contribution in [0.25, 0.3) is 0 Å². The quantitative estimate of drug-likeness (QED) is 0.434. The van der Waals surface area contributed by atoms with Crippen molar-refractivity contribution in [3.63, 3.8) is 0 Å². The minimum absolute atomic E-state index is 0.0434. The van der Waals surface area contributed by atoms with E-state index in [0.717, 1.165) is 0 Å². The lowest BCUT2D eigenvalue weighted by Gasteiger charge is -1.87. The molecule has 0 bridgehead atoms. The summed E-state index contributed by atoms with van der Waals surface area (Å²) in [5.41, 5.74) is 0.0434. The highest BCUT2D eigenvalue weighted by atomic mass is 32.1. The van der Waals surface area contributed by atoms with Gasteiger partial charge in [0.25, 0.3) is 0 Å². The summed E-state index contributed by atoms with van der Waals surface area (Å²) in [6.45, 7) is 2.53. The molecule has 0 aromatic carbocycles. The number of nitro groups is 1. The van der Waals surface area contributed by atoms with Crippen molar-refractivity contribution in [3.05, 3.63) is 22.5 Å². The first-order chi connectivity index (χ1) is 5.74. The molecule has 0 aliphatic carbocycles. The lowest BCUT2D eigenvalue weighted by molar-refractivity contribution is -0.385. The van der Waals surface area contributed by atoms with Gasteiger partial charge in [-0.2, -0.15) is 17.7 Å². The van der Waals surface area contributed by atoms with Crippen LogP contribution < -0.4 is 0 Å². The van der Waals surface area contributed by atoms with Gasteiger partial charge in [0.2, 0.25) is 0 Å². The van der Waals surface area contributed by atoms with Crippen LogP contribution in [0.5, 0.6) is 0 Å². The topological polar surface area (TPSA) is 61.0 Å². The highest BCUT2D eigenvalue weighted by molar-refractivity contribution is 7.79. The Hall–Kier alpha value is -1.04. The first-order valence-electron chi connectivity index (χ1n) is 3.35. The molecule has 6 heteroatoms. The van der Waals surface area contributed by atoms with Crippen molar-refractivity contribution in [1.29, 1.82) is 0 Å². The fourth-order valence-electron chi connectivity index (χ4n) is 0.620. The molecule has 68 valence electrons. The Bertz CT molecular complexity index is 249. The average molecular weight is 189 g/mol. The maximum absolute atomic E-state index is 10.1. The summed E-state index contributed by atoms with van der Waals surface area (Å²) in [5, 5.41) is 13.8. The molecule has 1 aromatic rings. The fourth-order valence-corrected chi connectivity index (χ4v) is 0.620. The van der Waals surface area contributed by atoms with Gasteiger partial charge in [0, 0.05) is 6.54 Å². The Morgan fingerprint density at radius 2 is 2.33 bits per heavy atom. The van der Waals surface area contributed by atoms with E-state index in [1.165, 1.54) is 17.1 Å². The van der Waals surface area contributed by atoms with Crippen LogP contribution in [-0.2, 0) is 6.54 Å². The van der Waals surface area contributed by atoms with Gasteiger partial charge in [-0.25, -0.2) is 0 Å². The lowest BCUT2D eigenvalue weighted by Crippen LogP contribution is -1.92. The largest absolute Gasteiger partial charge is 0.306 e. The second kappa shape index (κ2) is 5.59. The van der Waals surface area contributed by atoms with Crippen LogP contribution in [0.2, 0.25) is 0 Å². The Balaban J connectivity index is 0.000000561. The predicted molar refractivity (Wildman–Crippen MR) is 49.5 cm³/mol. The molecule has 0 atom stereocenters. The Morgan fingerprint density at radius 3 is 2.58 bits per heavy atom. The zero-order valence-electron chi connectivity index (χ0n) is 6.97. The molecule has 1 heterocycles. The van der Waals surface area contributed by atoms with Crippen molar-refractivity contribution in [1.82, 2.24) is 9.78 Å². The number of rotatable bonds is 2. The SMILES string of the molecule is CCn1cc([N+](=O)[O-])cn1.CS. The number of thiol groups is 1. The number of nitrogens with zero attached hydrogens (tertiary/aromatic N) is 3. The van der Waals surface area contributed by atoms with E-state index in [1.54, 1.807) is 6.26 Å². The van der Waals surface area contributed by atoms with E-state index >= 15 is 0 Å². The average Bonchev–Trinajstić information content (AvgIpc) is 2.55. The Kier molecular flexibility index (Phi) is 5.11. The van der Waals surface area contributed by atoms with Crippen LogP contribution in [0, 0.1) is 10.1 Å².